The van der Waals surface area contributed by atoms with E-state index in [0.717, 1.165) is 47.3 Å². The van der Waals surface area contributed by atoms with Crippen molar-refractivity contribution in [1.29, 1.82) is 0 Å². The number of ether oxygens (including phenoxy) is 1. The van der Waals surface area contributed by atoms with Crippen LogP contribution in [0, 0.1) is 41.2 Å². The Morgan fingerprint density at radius 2 is 1.78 bits per heavy atom. The van der Waals surface area contributed by atoms with Crippen molar-refractivity contribution in [1.82, 2.24) is 14.6 Å². The molecule has 2 aromatic carbocycles. The van der Waals surface area contributed by atoms with Crippen LogP contribution >= 0.6 is 11.3 Å². The molecule has 3 aliphatic carbocycles. The van der Waals surface area contributed by atoms with E-state index in [1.807, 2.05) is 13.8 Å². The maximum absolute atomic E-state index is 14.2. The molecule has 3 aliphatic rings. The minimum absolute atomic E-state index is 0.0205. The molecule has 1 aromatic heterocycles. The van der Waals surface area contributed by atoms with Crippen molar-refractivity contribution in [3.8, 4) is 0 Å². The number of thiazole rings is 1. The van der Waals surface area contributed by atoms with Crippen LogP contribution in [0.15, 0.2) is 41.3 Å². The van der Waals surface area contributed by atoms with E-state index < -0.39 is 52.5 Å². The largest absolute Gasteiger partial charge is 0.445 e. The Hall–Kier alpha value is -2.95. The number of rotatable bonds is 16. The van der Waals surface area contributed by atoms with Gasteiger partial charge in [-0.05, 0) is 92.2 Å². The van der Waals surface area contributed by atoms with Crippen molar-refractivity contribution in [3.05, 3.63) is 53.6 Å². The normalized spacial score (nSPS) is 23.8. The third kappa shape index (κ3) is 8.73. The number of benzene rings is 2. The molecule has 1 amide bonds. The summed E-state index contributed by atoms with van der Waals surface area (Å²) >= 11 is 1.36. The molecule has 11 nitrogen and oxygen atoms in total. The molecule has 6 atom stereocenters. The number of hydrogen-bond donors (Lipinski definition) is 5. The fraction of sp³-hybridized carbons (Fsp3) is 0.600. The Bertz CT molecular complexity index is 1750. The predicted octanol–water partition coefficient (Wildman–Crippen LogP) is 4.51. The van der Waals surface area contributed by atoms with Gasteiger partial charge in [-0.2, -0.15) is 4.31 Å². The third-order valence-electron chi connectivity index (χ3n) is 9.94. The highest BCUT2D eigenvalue weighted by atomic mass is 32.2. The second-order valence-corrected chi connectivity index (χ2v) is 17.4. The van der Waals surface area contributed by atoms with Gasteiger partial charge in [0.05, 0.1) is 27.3 Å². The molecule has 0 saturated heterocycles. The summed E-state index contributed by atoms with van der Waals surface area (Å²) in [4.78, 5) is 18.0. The smallest absolute Gasteiger partial charge is 0.407 e. The first-order valence-electron chi connectivity index (χ1n) is 17.3. The van der Waals surface area contributed by atoms with Gasteiger partial charge in [0.25, 0.3) is 0 Å². The number of sulfonamides is 1. The number of amides is 1. The van der Waals surface area contributed by atoms with Crippen molar-refractivity contribution in [2.75, 3.05) is 31.6 Å². The van der Waals surface area contributed by atoms with Crippen LogP contribution in [0.3, 0.4) is 0 Å². The average Bonchev–Trinajstić information content (AvgIpc) is 3.98. The zero-order valence-electron chi connectivity index (χ0n) is 28.2. The van der Waals surface area contributed by atoms with E-state index in [1.54, 1.807) is 12.1 Å². The number of hydrogen-bond acceptors (Lipinski definition) is 10. The van der Waals surface area contributed by atoms with Gasteiger partial charge in [-0.25, -0.2) is 27.0 Å². The number of aromatic nitrogens is 1. The Kier molecular flexibility index (Phi) is 11.3. The highest BCUT2D eigenvalue weighted by molar-refractivity contribution is 7.89. The van der Waals surface area contributed by atoms with Gasteiger partial charge in [0.1, 0.15) is 17.7 Å². The van der Waals surface area contributed by atoms with Gasteiger partial charge < -0.3 is 30.7 Å². The number of carbonyl (C=O) groups excluding carboxylic acids is 1. The van der Waals surface area contributed by atoms with Crippen molar-refractivity contribution >= 4 is 42.8 Å². The van der Waals surface area contributed by atoms with Crippen LogP contribution in [0.4, 0.5) is 18.7 Å². The van der Waals surface area contributed by atoms with E-state index in [2.05, 4.69) is 15.6 Å². The Balaban J connectivity index is 1.23. The van der Waals surface area contributed by atoms with Crippen LogP contribution in [0.5, 0.6) is 0 Å². The van der Waals surface area contributed by atoms with Gasteiger partial charge in [-0.1, -0.05) is 25.2 Å². The average molecular weight is 737 g/mol. The highest BCUT2D eigenvalue weighted by Gasteiger charge is 2.50. The fourth-order valence-electron chi connectivity index (χ4n) is 7.19. The summed E-state index contributed by atoms with van der Waals surface area (Å²) in [6.07, 6.45) is 1.27. The molecule has 6 rings (SSSR count). The third-order valence-corrected chi connectivity index (χ3v) is 12.7. The van der Waals surface area contributed by atoms with Gasteiger partial charge in [-0.3, -0.25) is 0 Å². The van der Waals surface area contributed by atoms with E-state index in [1.165, 1.54) is 17.4 Å². The summed E-state index contributed by atoms with van der Waals surface area (Å²) in [5.74, 6) is -2.07. The zero-order chi connectivity index (χ0) is 35.7. The first kappa shape index (κ1) is 36.8. The maximum Gasteiger partial charge on any atom is 0.407 e. The lowest BCUT2D eigenvalue weighted by Gasteiger charge is -2.31. The Morgan fingerprint density at radius 1 is 1.06 bits per heavy atom. The topological polar surface area (TPSA) is 161 Å². The number of nitrogens with zero attached hydrogens (tertiary/aromatic N) is 2. The molecule has 5 N–H and O–H groups in total. The monoisotopic (exact) mass is 736 g/mol. The van der Waals surface area contributed by atoms with E-state index in [0.29, 0.717) is 34.7 Å². The minimum Gasteiger partial charge on any atom is -0.445 e. The van der Waals surface area contributed by atoms with Crippen LogP contribution in [0.25, 0.3) is 10.2 Å². The van der Waals surface area contributed by atoms with Gasteiger partial charge >= 0.3 is 6.09 Å². The Labute approximate surface area is 295 Å². The molecule has 0 radical (unpaired) electrons. The van der Waals surface area contributed by atoms with Crippen LogP contribution < -0.4 is 10.6 Å². The minimum atomic E-state index is -4.17. The molecule has 3 aromatic rings. The molecular formula is C35H46F2N4O7S2. The molecule has 274 valence electrons. The van der Waals surface area contributed by atoms with Crippen molar-refractivity contribution < 1.29 is 42.0 Å². The van der Waals surface area contributed by atoms with Crippen LogP contribution in [0.1, 0.15) is 51.5 Å². The fourth-order valence-corrected chi connectivity index (χ4v) is 9.89. The molecule has 1 heterocycles. The van der Waals surface area contributed by atoms with Gasteiger partial charge in [-0.15, -0.1) is 0 Å². The van der Waals surface area contributed by atoms with Gasteiger partial charge in [0.2, 0.25) is 10.0 Å². The molecule has 3 saturated carbocycles. The first-order valence-corrected chi connectivity index (χ1v) is 19.6. The summed E-state index contributed by atoms with van der Waals surface area (Å²) < 4.78 is 64.3. The number of halogens is 2. The maximum atomic E-state index is 14.2. The Morgan fingerprint density at radius 3 is 2.40 bits per heavy atom. The second-order valence-electron chi connectivity index (χ2n) is 14.5. The lowest BCUT2D eigenvalue weighted by molar-refractivity contribution is 0.00573. The number of alkyl carbamates (subject to hydrolysis) is 1. The molecular weight excluding hydrogens is 691 g/mol. The number of carbonyl (C=O) groups is 1. The first-order chi connectivity index (χ1) is 23.8. The van der Waals surface area contributed by atoms with Crippen molar-refractivity contribution in [3.63, 3.8) is 0 Å². The quantitative estimate of drug-likeness (QED) is 0.143. The molecule has 4 unspecified atom stereocenters. The summed E-state index contributed by atoms with van der Waals surface area (Å²) in [5, 5.41) is 38.6. The standard InChI is InChI=1S/C35H46F2N4O7S2/c1-19(2)15-41(50(46,47)26-7-8-29-32(14-26)49-34(39-29)38-25-5-6-25)16-31(44)30(11-20-9-23(36)13-24(37)10-20)40-35(45)48-33-22(17-42)12-27(21-3-4-21)28(33)18-43/h7-10,13-14,19,21-22,25,27-28,30-31,33,42-44H,3-6,11-12,15-18H2,1-2H3,(H,38,39)(H,40,45)/t22?,27?,28?,30-,31+,33?/m0/s1. The van der Waals surface area contributed by atoms with E-state index in [-0.39, 0.29) is 60.3 Å². The zero-order valence-corrected chi connectivity index (χ0v) is 29.8. The van der Waals surface area contributed by atoms with Crippen molar-refractivity contribution in [2.45, 2.75) is 81.6 Å². The molecule has 0 bridgehead atoms. The van der Waals surface area contributed by atoms with Crippen molar-refractivity contribution in [2.24, 2.45) is 29.6 Å². The van der Waals surface area contributed by atoms with Gasteiger partial charge in [0.15, 0.2) is 5.13 Å². The number of aliphatic hydroxyl groups excluding tert-OH is 3. The summed E-state index contributed by atoms with van der Waals surface area (Å²) in [6, 6.07) is 6.71. The summed E-state index contributed by atoms with van der Waals surface area (Å²) in [6.45, 7) is 2.82. The number of nitrogens with one attached hydrogen (secondary N) is 2. The van der Waals surface area contributed by atoms with Crippen LogP contribution in [0.2, 0.25) is 0 Å². The number of fused-ring (bicyclic) bond motifs is 1. The van der Waals surface area contributed by atoms with Gasteiger partial charge in [0, 0.05) is 50.2 Å². The molecule has 50 heavy (non-hydrogen) atoms. The van der Waals surface area contributed by atoms with E-state index in [9.17, 15) is 37.3 Å². The van der Waals surface area contributed by atoms with Crippen LogP contribution in [-0.2, 0) is 21.2 Å². The second kappa shape index (κ2) is 15.3. The molecule has 15 heteroatoms. The SMILES string of the molecule is CC(C)CN(C[C@@H](O)[C@H](Cc1cc(F)cc(F)c1)NC(=O)OC1C(CO)CC(C2CC2)C1CO)S(=O)(=O)c1ccc2nc(NC3CC3)sc2c1. The molecule has 0 aliphatic heterocycles. The lowest BCUT2D eigenvalue weighted by atomic mass is 9.91. The highest BCUT2D eigenvalue weighted by Crippen LogP contribution is 2.50. The summed E-state index contributed by atoms with van der Waals surface area (Å²) in [7, 11) is -4.17. The van der Waals surface area contributed by atoms with Crippen LogP contribution in [-0.4, -0.2) is 89.7 Å². The summed E-state index contributed by atoms with van der Waals surface area (Å²) in [5.41, 5.74) is 0.794. The van der Waals surface area contributed by atoms with E-state index in [4.69, 9.17) is 4.74 Å². The lowest BCUT2D eigenvalue weighted by Crippen LogP contribution is -2.52. The number of aliphatic hydroxyl groups is 3. The molecule has 3 fully saturated rings. The predicted molar refractivity (Wildman–Crippen MR) is 185 cm³/mol. The number of anilines is 1. The van der Waals surface area contributed by atoms with E-state index >= 15 is 0 Å². The molecule has 0 spiro atoms.